The van der Waals surface area contributed by atoms with Crippen LogP contribution >= 0.6 is 0 Å². The molecule has 0 bridgehead atoms. The smallest absolute Gasteiger partial charge is 0.351 e. The molecule has 3 aromatic carbocycles. The fourth-order valence-electron chi connectivity index (χ4n) is 4.28. The minimum absolute atomic E-state index is 0.0188. The number of carbonyl (C=O) groups excluding carboxylic acids is 2. The molecule has 3 atom stereocenters. The van der Waals surface area contributed by atoms with Crippen LogP contribution in [0.4, 0.5) is 14.6 Å². The van der Waals surface area contributed by atoms with Gasteiger partial charge in [-0.1, -0.05) is 60.7 Å². The lowest BCUT2D eigenvalue weighted by atomic mass is 10.0. The number of anilines is 1. The monoisotopic (exact) mass is 547 g/mol. The van der Waals surface area contributed by atoms with Crippen LogP contribution in [0.1, 0.15) is 26.9 Å². The molecule has 0 aliphatic carbocycles. The van der Waals surface area contributed by atoms with Gasteiger partial charge in [0.05, 0.1) is 11.1 Å². The number of alkyl halides is 2. The van der Waals surface area contributed by atoms with E-state index in [9.17, 15) is 14.4 Å². The van der Waals surface area contributed by atoms with Crippen molar-refractivity contribution in [3.63, 3.8) is 0 Å². The third kappa shape index (κ3) is 5.45. The van der Waals surface area contributed by atoms with Gasteiger partial charge < -0.3 is 19.9 Å². The Hall–Kier alpha value is -4.90. The molecule has 1 aromatic heterocycles. The molecule has 204 valence electrons. The first-order valence-corrected chi connectivity index (χ1v) is 12.2. The summed E-state index contributed by atoms with van der Waals surface area (Å²) in [6.07, 6.45) is -5.01. The highest BCUT2D eigenvalue weighted by Crippen LogP contribution is 2.44. The predicted molar refractivity (Wildman–Crippen MR) is 140 cm³/mol. The van der Waals surface area contributed by atoms with Gasteiger partial charge in [-0.25, -0.2) is 14.4 Å². The first kappa shape index (κ1) is 26.7. The summed E-state index contributed by atoms with van der Waals surface area (Å²) in [6.45, 7) is -0.679. The van der Waals surface area contributed by atoms with Gasteiger partial charge in [0.15, 0.2) is 6.10 Å². The van der Waals surface area contributed by atoms with E-state index in [1.165, 1.54) is 24.3 Å². The van der Waals surface area contributed by atoms with Crippen LogP contribution in [-0.2, 0) is 14.2 Å². The Kier molecular flexibility index (Phi) is 7.39. The van der Waals surface area contributed by atoms with E-state index in [1.807, 2.05) is 30.3 Å². The molecular weight excluding hydrogens is 524 g/mol. The molecule has 4 aromatic rings. The third-order valence-electron chi connectivity index (χ3n) is 6.30. The van der Waals surface area contributed by atoms with Gasteiger partial charge in [0.2, 0.25) is 6.23 Å². The first-order valence-electron chi connectivity index (χ1n) is 12.2. The third-order valence-corrected chi connectivity index (χ3v) is 6.30. The summed E-state index contributed by atoms with van der Waals surface area (Å²) >= 11 is 0. The molecule has 0 spiro atoms. The second-order valence-corrected chi connectivity index (χ2v) is 8.98. The van der Waals surface area contributed by atoms with Gasteiger partial charge in [-0.2, -0.15) is 13.8 Å². The number of benzene rings is 3. The van der Waals surface area contributed by atoms with Crippen molar-refractivity contribution in [1.82, 2.24) is 9.55 Å². The highest BCUT2D eigenvalue weighted by Gasteiger charge is 2.63. The Morgan fingerprint density at radius 2 is 1.48 bits per heavy atom. The summed E-state index contributed by atoms with van der Waals surface area (Å²) in [6, 6.07) is 24.7. The van der Waals surface area contributed by atoms with Crippen LogP contribution < -0.4 is 11.4 Å². The number of nitrogens with two attached hydrogens (primary N) is 1. The SMILES string of the molecule is Nc1ccn([C@@H]2O[C@H](COC(=O)c3ccccc3)[C@@H](OC(=O)c3ccc(-c4ccccc4)cc3)C2(F)F)c(=O)n1. The largest absolute Gasteiger partial charge is 0.459 e. The molecule has 0 amide bonds. The van der Waals surface area contributed by atoms with E-state index in [4.69, 9.17) is 19.9 Å². The van der Waals surface area contributed by atoms with E-state index >= 15 is 8.78 Å². The fraction of sp³-hybridized carbons (Fsp3) is 0.172. The minimum Gasteiger partial charge on any atom is -0.459 e. The van der Waals surface area contributed by atoms with Crippen molar-refractivity contribution in [2.24, 2.45) is 0 Å². The summed E-state index contributed by atoms with van der Waals surface area (Å²) in [5.41, 5.74) is 6.32. The number of esters is 2. The van der Waals surface area contributed by atoms with Crippen LogP contribution in [0.5, 0.6) is 0 Å². The number of halogens is 2. The Bertz CT molecular complexity index is 1560. The van der Waals surface area contributed by atoms with Crippen molar-refractivity contribution >= 4 is 17.8 Å². The van der Waals surface area contributed by atoms with Crippen LogP contribution in [0.15, 0.2) is 102 Å². The topological polar surface area (TPSA) is 123 Å². The van der Waals surface area contributed by atoms with E-state index in [2.05, 4.69) is 4.98 Å². The Morgan fingerprint density at radius 3 is 2.12 bits per heavy atom. The first-order chi connectivity index (χ1) is 19.2. The van der Waals surface area contributed by atoms with E-state index in [0.29, 0.717) is 4.57 Å². The van der Waals surface area contributed by atoms with Gasteiger partial charge in [0, 0.05) is 6.20 Å². The molecule has 2 N–H and O–H groups in total. The van der Waals surface area contributed by atoms with Crippen molar-refractivity contribution in [1.29, 1.82) is 0 Å². The average Bonchev–Trinajstić information content (AvgIpc) is 3.21. The lowest BCUT2D eigenvalue weighted by molar-refractivity contribution is -0.142. The van der Waals surface area contributed by atoms with Gasteiger partial charge in [-0.05, 0) is 41.5 Å². The molecule has 1 aliphatic heterocycles. The number of hydrogen-bond acceptors (Lipinski definition) is 8. The average molecular weight is 548 g/mol. The zero-order valence-electron chi connectivity index (χ0n) is 20.9. The van der Waals surface area contributed by atoms with Gasteiger partial charge in [0.25, 0.3) is 0 Å². The quantitative estimate of drug-likeness (QED) is 0.343. The number of carbonyl (C=O) groups is 2. The van der Waals surface area contributed by atoms with Crippen LogP contribution in [0, 0.1) is 0 Å². The van der Waals surface area contributed by atoms with E-state index in [-0.39, 0.29) is 16.9 Å². The zero-order chi connectivity index (χ0) is 28.3. The summed E-state index contributed by atoms with van der Waals surface area (Å²) in [5, 5.41) is 0. The van der Waals surface area contributed by atoms with E-state index < -0.39 is 48.6 Å². The predicted octanol–water partition coefficient (Wildman–Crippen LogP) is 4.11. The van der Waals surface area contributed by atoms with Gasteiger partial charge in [-0.15, -0.1) is 0 Å². The van der Waals surface area contributed by atoms with Crippen molar-refractivity contribution in [3.05, 3.63) is 119 Å². The second-order valence-electron chi connectivity index (χ2n) is 8.98. The molecule has 1 fully saturated rings. The maximum atomic E-state index is 15.7. The van der Waals surface area contributed by atoms with Crippen molar-refractivity contribution in [2.45, 2.75) is 24.4 Å². The van der Waals surface area contributed by atoms with Crippen LogP contribution in [0.2, 0.25) is 0 Å². The number of nitrogens with zero attached hydrogens (tertiary/aromatic N) is 2. The minimum atomic E-state index is -3.91. The van der Waals surface area contributed by atoms with Crippen molar-refractivity contribution in [2.75, 3.05) is 12.3 Å². The number of aromatic nitrogens is 2. The highest BCUT2D eigenvalue weighted by molar-refractivity contribution is 5.90. The zero-order valence-corrected chi connectivity index (χ0v) is 20.9. The summed E-state index contributed by atoms with van der Waals surface area (Å²) in [4.78, 5) is 41.2. The van der Waals surface area contributed by atoms with Gasteiger partial charge in [0.1, 0.15) is 18.5 Å². The number of hydrogen-bond donors (Lipinski definition) is 1. The van der Waals surface area contributed by atoms with Crippen LogP contribution in [0.25, 0.3) is 11.1 Å². The second kappa shape index (κ2) is 11.1. The molecule has 0 unspecified atom stereocenters. The van der Waals surface area contributed by atoms with Crippen molar-refractivity contribution < 1.29 is 32.6 Å². The fourth-order valence-corrected chi connectivity index (χ4v) is 4.28. The molecule has 2 heterocycles. The summed E-state index contributed by atoms with van der Waals surface area (Å²) in [7, 11) is 0. The van der Waals surface area contributed by atoms with Gasteiger partial charge >= 0.3 is 23.6 Å². The normalized spacial score (nSPS) is 19.6. The lowest BCUT2D eigenvalue weighted by Gasteiger charge is -2.24. The molecular formula is C29H23F2N3O6. The summed E-state index contributed by atoms with van der Waals surface area (Å²) in [5.74, 6) is -5.91. The number of rotatable bonds is 7. The maximum Gasteiger partial charge on any atom is 0.351 e. The molecule has 40 heavy (non-hydrogen) atoms. The van der Waals surface area contributed by atoms with Gasteiger partial charge in [-0.3, -0.25) is 4.57 Å². The molecule has 1 saturated heterocycles. The standard InChI is InChI=1S/C29H23F2N3O6/c30-29(31)24(40-26(36)21-13-11-19(12-14-21)18-7-3-1-4-8-18)22(17-38-25(35)20-9-5-2-6-10-20)39-27(29)34-16-15-23(32)33-28(34)37/h1-16,22,24,27H,17H2,(H2,32,33,37)/t22-,24-,27-/m1/s1. The number of nitrogen functional groups attached to an aromatic ring is 1. The molecule has 9 nitrogen and oxygen atoms in total. The Balaban J connectivity index is 1.39. The van der Waals surface area contributed by atoms with E-state index in [0.717, 1.165) is 23.4 Å². The Labute approximate surface area is 226 Å². The molecule has 0 radical (unpaired) electrons. The lowest BCUT2D eigenvalue weighted by Crippen LogP contribution is -2.44. The van der Waals surface area contributed by atoms with Crippen LogP contribution in [-0.4, -0.2) is 46.2 Å². The Morgan fingerprint density at radius 1 is 0.875 bits per heavy atom. The highest BCUT2D eigenvalue weighted by atomic mass is 19.3. The van der Waals surface area contributed by atoms with E-state index in [1.54, 1.807) is 30.3 Å². The molecule has 5 rings (SSSR count). The summed E-state index contributed by atoms with van der Waals surface area (Å²) < 4.78 is 48.0. The molecule has 11 heteroatoms. The molecule has 0 saturated carbocycles. The van der Waals surface area contributed by atoms with Crippen LogP contribution in [0.3, 0.4) is 0 Å². The number of ether oxygens (including phenoxy) is 3. The molecule has 1 aliphatic rings. The van der Waals surface area contributed by atoms with Crippen molar-refractivity contribution in [3.8, 4) is 11.1 Å². The maximum absolute atomic E-state index is 15.7.